The molecule has 15 heavy (non-hydrogen) atoms. The zero-order chi connectivity index (χ0) is 11.5. The lowest BCUT2D eigenvalue weighted by molar-refractivity contribution is -0.154. The molecule has 0 aromatic rings. The highest BCUT2D eigenvalue weighted by Gasteiger charge is 2.40. The molecule has 1 saturated heterocycles. The highest BCUT2D eigenvalue weighted by molar-refractivity contribution is 7.85. The second kappa shape index (κ2) is 5.05. The first-order valence-electron chi connectivity index (χ1n) is 4.83. The van der Waals surface area contributed by atoms with Crippen LogP contribution in [0.15, 0.2) is 0 Å². The van der Waals surface area contributed by atoms with Crippen LogP contribution in [0, 0.1) is 0 Å². The largest absolute Gasteiger partial charge is 0.480 e. The number of ether oxygens (including phenoxy) is 1. The maximum absolute atomic E-state index is 11.2. The lowest BCUT2D eigenvalue weighted by Gasteiger charge is -2.39. The van der Waals surface area contributed by atoms with E-state index < -0.39 is 22.3 Å². The minimum absolute atomic E-state index is 0.148. The van der Waals surface area contributed by atoms with Crippen LogP contribution in [0.3, 0.4) is 0 Å². The third-order valence-electron chi connectivity index (χ3n) is 2.76. The number of carboxylic acid groups (broad SMARTS) is 1. The van der Waals surface area contributed by atoms with Gasteiger partial charge in [0.05, 0.1) is 6.61 Å². The first-order valence-corrected chi connectivity index (χ1v) is 6.32. The van der Waals surface area contributed by atoms with Crippen LogP contribution in [0.4, 0.5) is 0 Å². The van der Waals surface area contributed by atoms with Gasteiger partial charge in [-0.25, -0.2) is 0 Å². The molecule has 0 bridgehead atoms. The van der Waals surface area contributed by atoms with Gasteiger partial charge in [-0.3, -0.25) is 13.9 Å². The molecule has 6 heteroatoms. The second-order valence-corrected chi connectivity index (χ2v) is 5.54. The van der Waals surface area contributed by atoms with E-state index in [1.807, 2.05) is 4.90 Å². The van der Waals surface area contributed by atoms with Crippen molar-refractivity contribution in [3.05, 3.63) is 0 Å². The maximum Gasteiger partial charge on any atom is 0.326 e. The van der Waals surface area contributed by atoms with E-state index in [0.717, 1.165) is 0 Å². The minimum Gasteiger partial charge on any atom is -0.480 e. The molecule has 1 aliphatic heterocycles. The van der Waals surface area contributed by atoms with Gasteiger partial charge < -0.3 is 9.84 Å². The Morgan fingerprint density at radius 1 is 1.53 bits per heavy atom. The molecule has 1 atom stereocenters. The van der Waals surface area contributed by atoms with Crippen molar-refractivity contribution in [1.29, 1.82) is 0 Å². The molecule has 0 aliphatic carbocycles. The molecule has 0 aromatic carbocycles. The molecule has 5 nitrogen and oxygen atoms in total. The summed E-state index contributed by atoms with van der Waals surface area (Å²) in [6.45, 7) is 2.90. The smallest absolute Gasteiger partial charge is 0.326 e. The Kier molecular flexibility index (Phi) is 4.24. The number of hydrogen-bond acceptors (Lipinski definition) is 4. The summed E-state index contributed by atoms with van der Waals surface area (Å²) in [4.78, 5) is 13.0. The minimum atomic E-state index is -1.00. The fourth-order valence-electron chi connectivity index (χ4n) is 1.70. The van der Waals surface area contributed by atoms with Gasteiger partial charge in [0.15, 0.2) is 0 Å². The molecule has 0 amide bonds. The Balaban J connectivity index is 2.72. The van der Waals surface area contributed by atoms with Gasteiger partial charge in [0.2, 0.25) is 0 Å². The van der Waals surface area contributed by atoms with Crippen molar-refractivity contribution in [2.45, 2.75) is 12.5 Å². The van der Waals surface area contributed by atoms with Crippen molar-refractivity contribution >= 4 is 16.8 Å². The third kappa shape index (κ3) is 2.76. The summed E-state index contributed by atoms with van der Waals surface area (Å²) in [5, 5.41) is 9.18. The number of nitrogens with zero attached hydrogens (tertiary/aromatic N) is 1. The Morgan fingerprint density at radius 3 is 2.47 bits per heavy atom. The molecule has 0 radical (unpaired) electrons. The van der Waals surface area contributed by atoms with Gasteiger partial charge in [-0.1, -0.05) is 0 Å². The van der Waals surface area contributed by atoms with Crippen LogP contribution in [-0.4, -0.2) is 64.0 Å². The number of methoxy groups -OCH3 is 1. The normalized spacial score (nSPS) is 23.6. The Bertz CT molecular complexity index is 261. The number of rotatable bonds is 4. The van der Waals surface area contributed by atoms with Gasteiger partial charge in [0.1, 0.15) is 5.54 Å². The summed E-state index contributed by atoms with van der Waals surface area (Å²) in [7, 11) is 0.701. The van der Waals surface area contributed by atoms with E-state index in [9.17, 15) is 14.1 Å². The predicted octanol–water partition coefficient (Wildman–Crippen LogP) is -0.460. The average Bonchev–Trinajstić information content (AvgIpc) is 2.18. The summed E-state index contributed by atoms with van der Waals surface area (Å²) in [5.41, 5.74) is -1.00. The predicted molar refractivity (Wildman–Crippen MR) is 57.4 cm³/mol. The van der Waals surface area contributed by atoms with Crippen molar-refractivity contribution in [1.82, 2.24) is 4.90 Å². The molecule has 1 aliphatic rings. The van der Waals surface area contributed by atoms with Crippen molar-refractivity contribution in [2.75, 3.05) is 38.3 Å². The SMILES string of the molecule is COCC(C)(C(=O)O)N1CCS(=O)CC1. The molecule has 1 heterocycles. The van der Waals surface area contributed by atoms with E-state index in [0.29, 0.717) is 24.6 Å². The van der Waals surface area contributed by atoms with E-state index in [1.54, 1.807) is 6.92 Å². The molecular weight excluding hydrogens is 218 g/mol. The van der Waals surface area contributed by atoms with Crippen molar-refractivity contribution in [3.63, 3.8) is 0 Å². The number of hydrogen-bond donors (Lipinski definition) is 1. The van der Waals surface area contributed by atoms with Crippen molar-refractivity contribution in [2.24, 2.45) is 0 Å². The number of carboxylic acids is 1. The molecule has 0 spiro atoms. The van der Waals surface area contributed by atoms with Gasteiger partial charge in [-0.05, 0) is 6.92 Å². The second-order valence-electron chi connectivity index (χ2n) is 3.85. The van der Waals surface area contributed by atoms with Gasteiger partial charge >= 0.3 is 5.97 Å². The summed E-state index contributed by atoms with van der Waals surface area (Å²) in [6, 6.07) is 0. The molecular formula is C9H17NO4S. The summed E-state index contributed by atoms with van der Waals surface area (Å²) >= 11 is 0. The summed E-state index contributed by atoms with van der Waals surface area (Å²) in [6.07, 6.45) is 0. The highest BCUT2D eigenvalue weighted by Crippen LogP contribution is 2.18. The van der Waals surface area contributed by atoms with Gasteiger partial charge in [0, 0.05) is 42.5 Å². The third-order valence-corrected chi connectivity index (χ3v) is 4.04. The molecule has 0 saturated carbocycles. The monoisotopic (exact) mass is 235 g/mol. The van der Waals surface area contributed by atoms with E-state index in [4.69, 9.17) is 4.74 Å². The zero-order valence-corrected chi connectivity index (χ0v) is 9.88. The molecule has 1 rings (SSSR count). The summed E-state index contributed by atoms with van der Waals surface area (Å²) < 4.78 is 16.1. The summed E-state index contributed by atoms with van der Waals surface area (Å²) in [5.74, 6) is 0.205. The highest BCUT2D eigenvalue weighted by atomic mass is 32.2. The molecule has 88 valence electrons. The Morgan fingerprint density at radius 2 is 2.07 bits per heavy atom. The van der Waals surface area contributed by atoms with Crippen LogP contribution in [0.25, 0.3) is 0 Å². The van der Waals surface area contributed by atoms with Crippen LogP contribution in [0.1, 0.15) is 6.92 Å². The molecule has 1 N–H and O–H groups in total. The van der Waals surface area contributed by atoms with Gasteiger partial charge in [-0.15, -0.1) is 0 Å². The first kappa shape index (κ1) is 12.6. The topological polar surface area (TPSA) is 66.8 Å². The van der Waals surface area contributed by atoms with Gasteiger partial charge in [-0.2, -0.15) is 0 Å². The van der Waals surface area contributed by atoms with Crippen molar-refractivity contribution in [3.8, 4) is 0 Å². The van der Waals surface area contributed by atoms with E-state index in [-0.39, 0.29) is 6.61 Å². The fourth-order valence-corrected chi connectivity index (χ4v) is 2.75. The maximum atomic E-state index is 11.2. The van der Waals surface area contributed by atoms with Gasteiger partial charge in [0.25, 0.3) is 0 Å². The van der Waals surface area contributed by atoms with Crippen LogP contribution < -0.4 is 0 Å². The number of carbonyl (C=O) groups is 1. The number of aliphatic carboxylic acids is 1. The van der Waals surface area contributed by atoms with E-state index in [2.05, 4.69) is 0 Å². The zero-order valence-electron chi connectivity index (χ0n) is 9.06. The quantitative estimate of drug-likeness (QED) is 0.714. The van der Waals surface area contributed by atoms with Crippen molar-refractivity contribution < 1.29 is 18.8 Å². The Hall–Kier alpha value is -0.460. The van der Waals surface area contributed by atoms with Crippen LogP contribution >= 0.6 is 0 Å². The van der Waals surface area contributed by atoms with Crippen LogP contribution in [0.2, 0.25) is 0 Å². The molecule has 1 unspecified atom stereocenters. The molecule has 0 aromatic heterocycles. The molecule has 1 fully saturated rings. The lowest BCUT2D eigenvalue weighted by atomic mass is 10.0. The lowest BCUT2D eigenvalue weighted by Crippen LogP contribution is -2.59. The van der Waals surface area contributed by atoms with Crippen LogP contribution in [-0.2, 0) is 20.3 Å². The van der Waals surface area contributed by atoms with E-state index in [1.165, 1.54) is 7.11 Å². The first-order chi connectivity index (χ1) is 7.00. The van der Waals surface area contributed by atoms with Crippen LogP contribution in [0.5, 0.6) is 0 Å². The Labute approximate surface area is 91.9 Å². The standard InChI is InChI=1S/C9H17NO4S/c1-9(7-14-2,8(11)12)10-3-5-15(13)6-4-10/h3-7H2,1-2H3,(H,11,12). The van der Waals surface area contributed by atoms with E-state index >= 15 is 0 Å². The average molecular weight is 235 g/mol. The fraction of sp³-hybridized carbons (Fsp3) is 0.889.